The van der Waals surface area contributed by atoms with E-state index >= 15 is 0 Å². The van der Waals surface area contributed by atoms with Crippen molar-refractivity contribution in [3.63, 3.8) is 0 Å². The SMILES string of the molecule is CNc1ncnc(-c2cccnc2Oc2cc(C(=O)Nc3ccccc3OC)ccc2C)n1. The molecule has 1 amide bonds. The van der Waals surface area contributed by atoms with Crippen molar-refractivity contribution in [3.05, 3.63) is 78.2 Å². The van der Waals surface area contributed by atoms with Crippen molar-refractivity contribution in [1.82, 2.24) is 19.9 Å². The van der Waals surface area contributed by atoms with E-state index in [1.807, 2.05) is 31.2 Å². The number of hydrogen-bond donors (Lipinski definition) is 2. The largest absolute Gasteiger partial charge is 0.495 e. The number of amides is 1. The van der Waals surface area contributed by atoms with Crippen molar-refractivity contribution in [1.29, 1.82) is 0 Å². The average molecular weight is 442 g/mol. The molecule has 166 valence electrons. The summed E-state index contributed by atoms with van der Waals surface area (Å²) >= 11 is 0. The normalized spacial score (nSPS) is 10.4. The molecular weight excluding hydrogens is 420 g/mol. The maximum Gasteiger partial charge on any atom is 0.255 e. The number of aryl methyl sites for hydroxylation is 1. The van der Waals surface area contributed by atoms with Crippen LogP contribution in [0.2, 0.25) is 0 Å². The van der Waals surface area contributed by atoms with E-state index in [1.165, 1.54) is 6.33 Å². The molecule has 0 atom stereocenters. The van der Waals surface area contributed by atoms with Crippen molar-refractivity contribution < 1.29 is 14.3 Å². The Hall–Kier alpha value is -4.53. The molecule has 0 fully saturated rings. The molecule has 0 saturated heterocycles. The van der Waals surface area contributed by atoms with Crippen LogP contribution in [0.25, 0.3) is 11.4 Å². The second kappa shape index (κ2) is 9.73. The van der Waals surface area contributed by atoms with Crippen LogP contribution < -0.4 is 20.1 Å². The Labute approximate surface area is 190 Å². The molecule has 0 spiro atoms. The second-order valence-corrected chi connectivity index (χ2v) is 6.98. The third kappa shape index (κ3) is 4.87. The first-order valence-corrected chi connectivity index (χ1v) is 10.1. The van der Waals surface area contributed by atoms with Crippen molar-refractivity contribution in [2.24, 2.45) is 0 Å². The number of carbonyl (C=O) groups is 1. The van der Waals surface area contributed by atoms with Crippen molar-refractivity contribution in [2.75, 3.05) is 24.8 Å². The Morgan fingerprint density at radius 3 is 2.64 bits per heavy atom. The third-order valence-corrected chi connectivity index (χ3v) is 4.82. The van der Waals surface area contributed by atoms with Crippen LogP contribution in [0.4, 0.5) is 11.6 Å². The molecule has 4 rings (SSSR count). The summed E-state index contributed by atoms with van der Waals surface area (Å²) in [7, 11) is 3.28. The van der Waals surface area contributed by atoms with Crippen molar-refractivity contribution in [2.45, 2.75) is 6.92 Å². The topological polar surface area (TPSA) is 111 Å². The zero-order chi connectivity index (χ0) is 23.2. The zero-order valence-corrected chi connectivity index (χ0v) is 18.4. The zero-order valence-electron chi connectivity index (χ0n) is 18.4. The molecule has 0 aliphatic heterocycles. The maximum atomic E-state index is 12.9. The lowest BCUT2D eigenvalue weighted by molar-refractivity contribution is 0.102. The number of rotatable bonds is 7. The number of hydrogen-bond acceptors (Lipinski definition) is 8. The number of nitrogens with zero attached hydrogens (tertiary/aromatic N) is 4. The lowest BCUT2D eigenvalue weighted by Gasteiger charge is -2.13. The van der Waals surface area contributed by atoms with Gasteiger partial charge in [-0.15, -0.1) is 0 Å². The summed E-state index contributed by atoms with van der Waals surface area (Å²) in [4.78, 5) is 29.9. The maximum absolute atomic E-state index is 12.9. The first-order valence-electron chi connectivity index (χ1n) is 10.1. The second-order valence-electron chi connectivity index (χ2n) is 6.98. The quantitative estimate of drug-likeness (QED) is 0.435. The van der Waals surface area contributed by atoms with E-state index in [1.54, 1.807) is 50.7 Å². The molecule has 9 nitrogen and oxygen atoms in total. The fourth-order valence-electron chi connectivity index (χ4n) is 3.09. The van der Waals surface area contributed by atoms with Gasteiger partial charge in [0.15, 0.2) is 5.82 Å². The number of para-hydroxylation sites is 2. The Bertz CT molecular complexity index is 1290. The van der Waals surface area contributed by atoms with Gasteiger partial charge in [-0.25, -0.2) is 15.0 Å². The first-order chi connectivity index (χ1) is 16.1. The number of benzene rings is 2. The Morgan fingerprint density at radius 1 is 0.970 bits per heavy atom. The van der Waals surface area contributed by atoms with E-state index in [9.17, 15) is 4.79 Å². The third-order valence-electron chi connectivity index (χ3n) is 4.82. The van der Waals surface area contributed by atoms with Crippen LogP contribution in [0.1, 0.15) is 15.9 Å². The summed E-state index contributed by atoms with van der Waals surface area (Å²) < 4.78 is 11.4. The summed E-state index contributed by atoms with van der Waals surface area (Å²) in [5.41, 5.74) is 2.44. The van der Waals surface area contributed by atoms with Gasteiger partial charge in [0, 0.05) is 18.8 Å². The van der Waals surface area contributed by atoms with E-state index in [4.69, 9.17) is 9.47 Å². The van der Waals surface area contributed by atoms with Gasteiger partial charge in [-0.1, -0.05) is 18.2 Å². The van der Waals surface area contributed by atoms with Gasteiger partial charge in [0.2, 0.25) is 11.8 Å². The lowest BCUT2D eigenvalue weighted by Crippen LogP contribution is -2.13. The van der Waals surface area contributed by atoms with Crippen LogP contribution in [0.3, 0.4) is 0 Å². The molecule has 2 N–H and O–H groups in total. The Morgan fingerprint density at radius 2 is 1.82 bits per heavy atom. The molecule has 0 aliphatic rings. The number of carbonyl (C=O) groups excluding carboxylic acids is 1. The number of methoxy groups -OCH3 is 1. The Balaban J connectivity index is 1.63. The van der Waals surface area contributed by atoms with Gasteiger partial charge in [-0.3, -0.25) is 4.79 Å². The predicted octanol–water partition coefficient (Wildman–Crippen LogP) is 4.34. The van der Waals surface area contributed by atoms with E-state index in [-0.39, 0.29) is 5.91 Å². The first kappa shape index (κ1) is 21.7. The van der Waals surface area contributed by atoms with Crippen LogP contribution in [0, 0.1) is 6.92 Å². The molecule has 0 radical (unpaired) electrons. The van der Waals surface area contributed by atoms with Gasteiger partial charge < -0.3 is 20.1 Å². The fraction of sp³-hybridized carbons (Fsp3) is 0.125. The highest BCUT2D eigenvalue weighted by Crippen LogP contribution is 2.32. The molecule has 33 heavy (non-hydrogen) atoms. The van der Waals surface area contributed by atoms with Crippen LogP contribution in [0.5, 0.6) is 17.4 Å². The van der Waals surface area contributed by atoms with E-state index in [0.717, 1.165) is 5.56 Å². The molecule has 0 bridgehead atoms. The minimum atomic E-state index is -0.290. The number of pyridine rings is 1. The highest BCUT2D eigenvalue weighted by Gasteiger charge is 2.16. The summed E-state index contributed by atoms with van der Waals surface area (Å²) in [6, 6.07) is 16.0. The molecule has 0 saturated carbocycles. The van der Waals surface area contributed by atoms with Crippen LogP contribution in [-0.4, -0.2) is 40.0 Å². The molecule has 2 aromatic carbocycles. The van der Waals surface area contributed by atoms with Crippen LogP contribution >= 0.6 is 0 Å². The van der Waals surface area contributed by atoms with Crippen LogP contribution in [0.15, 0.2) is 67.1 Å². The standard InChI is InChI=1S/C24H22N6O3/c1-15-10-11-16(22(31)29-18-8-4-5-9-19(18)32-3)13-20(15)33-23-17(7-6-12-26-23)21-27-14-28-24(25-2)30-21/h4-14H,1-3H3,(H,29,31)(H,25,27,28,30). The molecule has 0 aliphatic carbocycles. The highest BCUT2D eigenvalue weighted by atomic mass is 16.5. The highest BCUT2D eigenvalue weighted by molar-refractivity contribution is 6.05. The van der Waals surface area contributed by atoms with Crippen LogP contribution in [-0.2, 0) is 0 Å². The lowest BCUT2D eigenvalue weighted by atomic mass is 10.1. The minimum absolute atomic E-state index is 0.290. The summed E-state index contributed by atoms with van der Waals surface area (Å²) in [5, 5.41) is 5.76. The van der Waals surface area contributed by atoms with Gasteiger partial charge in [0.1, 0.15) is 17.8 Å². The summed E-state index contributed by atoms with van der Waals surface area (Å²) in [6.45, 7) is 1.89. The van der Waals surface area contributed by atoms with Gasteiger partial charge >= 0.3 is 0 Å². The molecule has 2 heterocycles. The van der Waals surface area contributed by atoms with E-state index < -0.39 is 0 Å². The average Bonchev–Trinajstić information content (AvgIpc) is 2.86. The van der Waals surface area contributed by atoms with Gasteiger partial charge in [-0.05, 0) is 48.9 Å². The molecule has 4 aromatic rings. The van der Waals surface area contributed by atoms with Crippen molar-refractivity contribution in [3.8, 4) is 28.8 Å². The summed E-state index contributed by atoms with van der Waals surface area (Å²) in [6.07, 6.45) is 3.03. The van der Waals surface area contributed by atoms with Gasteiger partial charge in [0.25, 0.3) is 5.91 Å². The van der Waals surface area contributed by atoms with Crippen molar-refractivity contribution >= 4 is 17.5 Å². The number of anilines is 2. The molecule has 9 heteroatoms. The van der Waals surface area contributed by atoms with Gasteiger partial charge in [0.05, 0.1) is 18.4 Å². The monoisotopic (exact) mass is 442 g/mol. The predicted molar refractivity (Wildman–Crippen MR) is 125 cm³/mol. The summed E-state index contributed by atoms with van der Waals surface area (Å²) in [5.74, 6) is 1.94. The number of nitrogens with one attached hydrogen (secondary N) is 2. The smallest absolute Gasteiger partial charge is 0.255 e. The number of ether oxygens (including phenoxy) is 2. The molecular formula is C24H22N6O3. The van der Waals surface area contributed by atoms with E-state index in [0.29, 0.717) is 46.0 Å². The Kier molecular flexibility index (Phi) is 6.40. The van der Waals surface area contributed by atoms with E-state index in [2.05, 4.69) is 30.6 Å². The molecule has 2 aromatic heterocycles. The van der Waals surface area contributed by atoms with Gasteiger partial charge in [-0.2, -0.15) is 4.98 Å². The number of aromatic nitrogens is 4. The molecule has 0 unspecified atom stereocenters. The minimum Gasteiger partial charge on any atom is -0.495 e. The fourth-order valence-corrected chi connectivity index (χ4v) is 3.09.